The number of rotatable bonds is 5. The molecular formula is C11H15N3O2. The van der Waals surface area contributed by atoms with Gasteiger partial charge in [-0.1, -0.05) is 6.08 Å². The molecule has 1 aromatic heterocycles. The van der Waals surface area contributed by atoms with Crippen molar-refractivity contribution in [2.75, 3.05) is 12.4 Å². The summed E-state index contributed by atoms with van der Waals surface area (Å²) in [7, 11) is 1.30. The maximum absolute atomic E-state index is 11.2. The molecule has 0 saturated carbocycles. The van der Waals surface area contributed by atoms with E-state index in [0.29, 0.717) is 5.82 Å². The van der Waals surface area contributed by atoms with Crippen LogP contribution in [0.4, 0.5) is 5.82 Å². The van der Waals surface area contributed by atoms with Gasteiger partial charge in [0.25, 0.3) is 0 Å². The molecule has 0 aromatic carbocycles. The Morgan fingerprint density at radius 1 is 1.75 bits per heavy atom. The van der Waals surface area contributed by atoms with E-state index in [0.717, 1.165) is 6.42 Å². The van der Waals surface area contributed by atoms with E-state index >= 15 is 0 Å². The maximum Gasteiger partial charge on any atom is 0.376 e. The second-order valence-corrected chi connectivity index (χ2v) is 3.33. The molecule has 1 N–H and O–H groups in total. The molecule has 1 atom stereocenters. The minimum atomic E-state index is -0.542. The van der Waals surface area contributed by atoms with Crippen molar-refractivity contribution in [1.29, 1.82) is 0 Å². The molecule has 1 heterocycles. The zero-order chi connectivity index (χ0) is 12.0. The van der Waals surface area contributed by atoms with Crippen molar-refractivity contribution in [3.63, 3.8) is 0 Å². The predicted octanol–water partition coefficient (Wildman–Crippen LogP) is 1.64. The molecule has 0 bridgehead atoms. The van der Waals surface area contributed by atoms with Gasteiger partial charge in [-0.05, 0) is 19.4 Å². The molecule has 86 valence electrons. The first-order chi connectivity index (χ1) is 7.67. The monoisotopic (exact) mass is 221 g/mol. The van der Waals surface area contributed by atoms with E-state index in [1.54, 1.807) is 6.07 Å². The molecule has 0 amide bonds. The molecule has 0 aliphatic carbocycles. The minimum Gasteiger partial charge on any atom is -0.463 e. The standard InChI is InChI=1S/C11H15N3O2/c1-4-5-8(2)13-9-6-7-12-10(14-9)11(15)16-3/h4,6-8H,1,5H2,2-3H3,(H,12,13,14). The molecule has 16 heavy (non-hydrogen) atoms. The lowest BCUT2D eigenvalue weighted by Crippen LogP contribution is -2.16. The Labute approximate surface area is 94.6 Å². The third-order valence-corrected chi connectivity index (χ3v) is 1.94. The van der Waals surface area contributed by atoms with Crippen LogP contribution in [0.2, 0.25) is 0 Å². The topological polar surface area (TPSA) is 64.1 Å². The minimum absolute atomic E-state index is 0.0540. The Morgan fingerprint density at radius 2 is 2.50 bits per heavy atom. The summed E-state index contributed by atoms with van der Waals surface area (Å²) in [5.41, 5.74) is 0. The van der Waals surface area contributed by atoms with E-state index in [9.17, 15) is 4.79 Å². The van der Waals surface area contributed by atoms with Gasteiger partial charge in [-0.2, -0.15) is 0 Å². The van der Waals surface area contributed by atoms with Crippen molar-refractivity contribution in [3.8, 4) is 0 Å². The fraction of sp³-hybridized carbons (Fsp3) is 0.364. The van der Waals surface area contributed by atoms with Gasteiger partial charge in [0.1, 0.15) is 5.82 Å². The average Bonchev–Trinajstić information content (AvgIpc) is 2.28. The molecule has 0 saturated heterocycles. The van der Waals surface area contributed by atoms with Gasteiger partial charge >= 0.3 is 5.97 Å². The number of nitrogens with one attached hydrogen (secondary N) is 1. The molecule has 0 fully saturated rings. The number of aromatic nitrogens is 2. The van der Waals surface area contributed by atoms with Crippen molar-refractivity contribution in [3.05, 3.63) is 30.7 Å². The van der Waals surface area contributed by atoms with Crippen molar-refractivity contribution in [2.24, 2.45) is 0 Å². The van der Waals surface area contributed by atoms with Crippen LogP contribution in [0.1, 0.15) is 24.0 Å². The van der Waals surface area contributed by atoms with Gasteiger partial charge in [0.2, 0.25) is 5.82 Å². The van der Waals surface area contributed by atoms with Crippen LogP contribution in [0.5, 0.6) is 0 Å². The highest BCUT2D eigenvalue weighted by atomic mass is 16.5. The number of ether oxygens (including phenoxy) is 1. The fourth-order valence-corrected chi connectivity index (χ4v) is 1.19. The predicted molar refractivity (Wildman–Crippen MR) is 61.3 cm³/mol. The number of nitrogens with zero attached hydrogens (tertiary/aromatic N) is 2. The van der Waals surface area contributed by atoms with Gasteiger partial charge in [0, 0.05) is 12.2 Å². The summed E-state index contributed by atoms with van der Waals surface area (Å²) in [6, 6.07) is 1.91. The summed E-state index contributed by atoms with van der Waals surface area (Å²) in [6.45, 7) is 5.66. The van der Waals surface area contributed by atoms with Gasteiger partial charge in [0.15, 0.2) is 0 Å². The third kappa shape index (κ3) is 3.34. The number of hydrogen-bond acceptors (Lipinski definition) is 5. The summed E-state index contributed by atoms with van der Waals surface area (Å²) < 4.78 is 4.54. The number of hydrogen-bond donors (Lipinski definition) is 1. The van der Waals surface area contributed by atoms with Crippen molar-refractivity contribution >= 4 is 11.8 Å². The highest BCUT2D eigenvalue weighted by molar-refractivity contribution is 5.85. The molecule has 1 unspecified atom stereocenters. The highest BCUT2D eigenvalue weighted by Crippen LogP contribution is 2.06. The molecule has 0 aliphatic heterocycles. The van der Waals surface area contributed by atoms with Gasteiger partial charge < -0.3 is 10.1 Å². The summed E-state index contributed by atoms with van der Waals surface area (Å²) in [4.78, 5) is 19.0. The smallest absolute Gasteiger partial charge is 0.376 e. The Balaban J connectivity index is 2.74. The Morgan fingerprint density at radius 3 is 3.12 bits per heavy atom. The molecule has 5 heteroatoms. The lowest BCUT2D eigenvalue weighted by Gasteiger charge is -2.12. The molecule has 0 radical (unpaired) electrons. The number of carbonyl (C=O) groups excluding carboxylic acids is 1. The van der Waals surface area contributed by atoms with Crippen LogP contribution in [-0.2, 0) is 4.74 Å². The second-order valence-electron chi connectivity index (χ2n) is 3.33. The van der Waals surface area contributed by atoms with Crippen LogP contribution in [0, 0.1) is 0 Å². The highest BCUT2D eigenvalue weighted by Gasteiger charge is 2.10. The molecule has 1 aromatic rings. The zero-order valence-corrected chi connectivity index (χ0v) is 9.43. The maximum atomic E-state index is 11.2. The number of esters is 1. The van der Waals surface area contributed by atoms with Crippen molar-refractivity contribution in [1.82, 2.24) is 9.97 Å². The number of methoxy groups -OCH3 is 1. The second kappa shape index (κ2) is 5.85. The fourth-order valence-electron chi connectivity index (χ4n) is 1.19. The van der Waals surface area contributed by atoms with Crippen LogP contribution in [-0.4, -0.2) is 29.1 Å². The van der Waals surface area contributed by atoms with E-state index in [4.69, 9.17) is 0 Å². The van der Waals surface area contributed by atoms with Crippen LogP contribution in [0.3, 0.4) is 0 Å². The normalized spacial score (nSPS) is 11.6. The lowest BCUT2D eigenvalue weighted by atomic mass is 10.2. The van der Waals surface area contributed by atoms with E-state index < -0.39 is 5.97 Å². The SMILES string of the molecule is C=CCC(C)Nc1ccnc(C(=O)OC)n1. The van der Waals surface area contributed by atoms with Gasteiger partial charge in [-0.25, -0.2) is 14.8 Å². The molecule has 1 rings (SSSR count). The largest absolute Gasteiger partial charge is 0.463 e. The Bertz CT molecular complexity index is 379. The van der Waals surface area contributed by atoms with Crippen LogP contribution >= 0.6 is 0 Å². The van der Waals surface area contributed by atoms with E-state index in [-0.39, 0.29) is 11.9 Å². The van der Waals surface area contributed by atoms with Crippen LogP contribution < -0.4 is 5.32 Å². The lowest BCUT2D eigenvalue weighted by molar-refractivity contribution is 0.0587. The summed E-state index contributed by atoms with van der Waals surface area (Å²) in [6.07, 6.45) is 4.15. The van der Waals surface area contributed by atoms with Gasteiger partial charge in [-0.3, -0.25) is 0 Å². The third-order valence-electron chi connectivity index (χ3n) is 1.94. The zero-order valence-electron chi connectivity index (χ0n) is 9.43. The van der Waals surface area contributed by atoms with Crippen LogP contribution in [0.15, 0.2) is 24.9 Å². The Kier molecular flexibility index (Phi) is 4.44. The Hall–Kier alpha value is -1.91. The van der Waals surface area contributed by atoms with Crippen molar-refractivity contribution in [2.45, 2.75) is 19.4 Å². The van der Waals surface area contributed by atoms with Crippen molar-refractivity contribution < 1.29 is 9.53 Å². The summed E-state index contributed by atoms with van der Waals surface area (Å²) in [5, 5.41) is 3.13. The first-order valence-corrected chi connectivity index (χ1v) is 4.96. The van der Waals surface area contributed by atoms with E-state index in [2.05, 4.69) is 26.6 Å². The van der Waals surface area contributed by atoms with Gasteiger partial charge in [-0.15, -0.1) is 6.58 Å². The average molecular weight is 221 g/mol. The van der Waals surface area contributed by atoms with Gasteiger partial charge in [0.05, 0.1) is 7.11 Å². The molecule has 0 aliphatic rings. The molecular weight excluding hydrogens is 206 g/mol. The number of carbonyl (C=O) groups is 1. The summed E-state index contributed by atoms with van der Waals surface area (Å²) >= 11 is 0. The number of anilines is 1. The first-order valence-electron chi connectivity index (χ1n) is 4.96. The summed E-state index contributed by atoms with van der Waals surface area (Å²) in [5.74, 6) is 0.114. The first kappa shape index (κ1) is 12.2. The quantitative estimate of drug-likeness (QED) is 0.605. The molecule has 5 nitrogen and oxygen atoms in total. The van der Waals surface area contributed by atoms with E-state index in [1.165, 1.54) is 13.3 Å². The molecule has 0 spiro atoms. The van der Waals surface area contributed by atoms with Crippen LogP contribution in [0.25, 0.3) is 0 Å². The van der Waals surface area contributed by atoms with E-state index in [1.807, 2.05) is 13.0 Å².